The van der Waals surface area contributed by atoms with Crippen LogP contribution < -0.4 is 5.32 Å². The minimum atomic E-state index is -3.44. The number of benzene rings is 2. The minimum absolute atomic E-state index is 0.191. The number of nitrogens with zero attached hydrogens (tertiary/aromatic N) is 2. The van der Waals surface area contributed by atoms with Crippen molar-refractivity contribution < 1.29 is 22.8 Å². The zero-order chi connectivity index (χ0) is 25.0. The van der Waals surface area contributed by atoms with Crippen molar-refractivity contribution in [2.75, 3.05) is 17.3 Å². The van der Waals surface area contributed by atoms with Crippen LogP contribution in [0.5, 0.6) is 0 Å². The number of carbonyl (C=O) groups is 3. The molecule has 178 valence electrons. The van der Waals surface area contributed by atoms with Crippen molar-refractivity contribution in [2.45, 2.75) is 12.5 Å². The highest BCUT2D eigenvalue weighted by Crippen LogP contribution is 2.26. The topological polar surface area (TPSA) is 114 Å². The van der Waals surface area contributed by atoms with Crippen molar-refractivity contribution in [3.63, 3.8) is 0 Å². The number of hydrogen-bond donors (Lipinski definition) is 1. The molecule has 2 aromatic carbocycles. The first-order valence-electron chi connectivity index (χ1n) is 10.9. The molecular weight excluding hydrogens is 466 g/mol. The number of hydrogen-bond acceptors (Lipinski definition) is 6. The molecule has 35 heavy (non-hydrogen) atoms. The van der Waals surface area contributed by atoms with Crippen molar-refractivity contribution in [3.05, 3.63) is 95.3 Å². The summed E-state index contributed by atoms with van der Waals surface area (Å²) in [6.07, 6.45) is 6.18. The molecule has 9 heteroatoms. The molecule has 1 aliphatic heterocycles. The summed E-state index contributed by atoms with van der Waals surface area (Å²) in [5, 5.41) is 2.73. The molecule has 0 bridgehead atoms. The Morgan fingerprint density at radius 1 is 0.971 bits per heavy atom. The second kappa shape index (κ2) is 10.0. The summed E-state index contributed by atoms with van der Waals surface area (Å²) in [6, 6.07) is 17.5. The van der Waals surface area contributed by atoms with E-state index in [1.54, 1.807) is 36.5 Å². The van der Waals surface area contributed by atoms with E-state index in [0.29, 0.717) is 5.69 Å². The Morgan fingerprint density at radius 2 is 1.66 bits per heavy atom. The number of fused-ring (bicyclic) bond motifs is 1. The Kier molecular flexibility index (Phi) is 6.88. The average Bonchev–Trinajstić information content (AvgIpc) is 3.09. The first kappa shape index (κ1) is 24.0. The maximum absolute atomic E-state index is 13.3. The quantitative estimate of drug-likeness (QED) is 0.486. The molecule has 0 saturated carbocycles. The number of imide groups is 1. The normalized spacial score (nSPS) is 14.3. The van der Waals surface area contributed by atoms with Crippen LogP contribution in [0, 0.1) is 0 Å². The summed E-state index contributed by atoms with van der Waals surface area (Å²) >= 11 is 0. The average molecular weight is 490 g/mol. The Labute approximate surface area is 203 Å². The van der Waals surface area contributed by atoms with Crippen LogP contribution in [-0.2, 0) is 14.6 Å². The monoisotopic (exact) mass is 489 g/mol. The maximum Gasteiger partial charge on any atom is 0.262 e. The van der Waals surface area contributed by atoms with Gasteiger partial charge in [-0.2, -0.15) is 0 Å². The third-order valence-electron chi connectivity index (χ3n) is 5.49. The molecule has 1 aliphatic rings. The number of aromatic nitrogens is 1. The van der Waals surface area contributed by atoms with Crippen LogP contribution in [0.3, 0.4) is 0 Å². The summed E-state index contributed by atoms with van der Waals surface area (Å²) < 4.78 is 23.6. The molecule has 8 nitrogen and oxygen atoms in total. The first-order valence-corrected chi connectivity index (χ1v) is 12.9. The van der Waals surface area contributed by atoms with Gasteiger partial charge in [-0.1, -0.05) is 36.4 Å². The molecule has 3 aromatic rings. The van der Waals surface area contributed by atoms with E-state index in [1.807, 2.05) is 36.4 Å². The second-order valence-corrected chi connectivity index (χ2v) is 10.4. The van der Waals surface area contributed by atoms with E-state index in [9.17, 15) is 22.8 Å². The van der Waals surface area contributed by atoms with Gasteiger partial charge in [-0.3, -0.25) is 24.3 Å². The zero-order valence-electron chi connectivity index (χ0n) is 18.9. The molecule has 2 heterocycles. The molecule has 0 saturated heterocycles. The molecule has 3 amide bonds. The number of amides is 3. The highest BCUT2D eigenvalue weighted by Gasteiger charge is 2.42. The molecule has 1 unspecified atom stereocenters. The fraction of sp³-hybridized carbons (Fsp3) is 0.154. The molecule has 0 fully saturated rings. The highest BCUT2D eigenvalue weighted by atomic mass is 32.2. The van der Waals surface area contributed by atoms with Gasteiger partial charge in [-0.05, 0) is 54.5 Å². The first-order chi connectivity index (χ1) is 16.7. The molecule has 1 atom stereocenters. The van der Waals surface area contributed by atoms with Crippen LogP contribution in [0.4, 0.5) is 5.69 Å². The van der Waals surface area contributed by atoms with E-state index in [4.69, 9.17) is 0 Å². The predicted molar refractivity (Wildman–Crippen MR) is 133 cm³/mol. The summed E-state index contributed by atoms with van der Waals surface area (Å²) in [5.41, 5.74) is 2.39. The third kappa shape index (κ3) is 5.70. The Morgan fingerprint density at radius 3 is 2.29 bits per heavy atom. The van der Waals surface area contributed by atoms with Crippen LogP contribution in [0.25, 0.3) is 12.2 Å². The largest absolute Gasteiger partial charge is 0.324 e. The number of anilines is 1. The van der Waals surface area contributed by atoms with Gasteiger partial charge in [-0.25, -0.2) is 8.42 Å². The number of pyridine rings is 1. The SMILES string of the molecule is CS(=O)(=O)CCC(C(=O)Nc1cccc(/C=C/c2ccccn2)c1)N1C(=O)c2ccccc2C1=O. The summed E-state index contributed by atoms with van der Waals surface area (Å²) in [5.74, 6) is -2.24. The summed E-state index contributed by atoms with van der Waals surface area (Å²) in [6.45, 7) is 0. The lowest BCUT2D eigenvalue weighted by Crippen LogP contribution is -2.48. The lowest BCUT2D eigenvalue weighted by Gasteiger charge is -2.25. The van der Waals surface area contributed by atoms with Gasteiger partial charge in [0, 0.05) is 18.1 Å². The predicted octanol–water partition coefficient (Wildman–Crippen LogP) is 3.29. The number of rotatable bonds is 8. The molecule has 1 aromatic heterocycles. The van der Waals surface area contributed by atoms with Crippen molar-refractivity contribution in [1.82, 2.24) is 9.88 Å². The lowest BCUT2D eigenvalue weighted by molar-refractivity contribution is -0.120. The van der Waals surface area contributed by atoms with Gasteiger partial charge in [0.2, 0.25) is 5.91 Å². The fourth-order valence-electron chi connectivity index (χ4n) is 3.80. The Balaban J connectivity index is 1.57. The van der Waals surface area contributed by atoms with Gasteiger partial charge in [0.25, 0.3) is 11.8 Å². The third-order valence-corrected chi connectivity index (χ3v) is 6.47. The van der Waals surface area contributed by atoms with E-state index in [2.05, 4.69) is 10.3 Å². The highest BCUT2D eigenvalue weighted by molar-refractivity contribution is 7.90. The second-order valence-electron chi connectivity index (χ2n) is 8.16. The van der Waals surface area contributed by atoms with Crippen molar-refractivity contribution in [2.24, 2.45) is 0 Å². The molecule has 0 radical (unpaired) electrons. The molecule has 0 aliphatic carbocycles. The molecular formula is C26H23N3O5S. The Bertz CT molecular complexity index is 1380. The maximum atomic E-state index is 13.3. The van der Waals surface area contributed by atoms with Crippen LogP contribution in [0.15, 0.2) is 72.9 Å². The minimum Gasteiger partial charge on any atom is -0.324 e. The number of nitrogens with one attached hydrogen (secondary N) is 1. The van der Waals surface area contributed by atoms with E-state index in [1.165, 1.54) is 12.1 Å². The van der Waals surface area contributed by atoms with Crippen LogP contribution in [0.1, 0.15) is 38.4 Å². The Hall–Kier alpha value is -4.11. The van der Waals surface area contributed by atoms with Crippen molar-refractivity contribution >= 4 is 45.4 Å². The number of sulfone groups is 1. The zero-order valence-corrected chi connectivity index (χ0v) is 19.7. The fourth-order valence-corrected chi connectivity index (χ4v) is 4.45. The van der Waals surface area contributed by atoms with Crippen LogP contribution in [0.2, 0.25) is 0 Å². The lowest BCUT2D eigenvalue weighted by atomic mass is 10.1. The molecule has 1 N–H and O–H groups in total. The van der Waals surface area contributed by atoms with Crippen molar-refractivity contribution in [1.29, 1.82) is 0 Å². The smallest absolute Gasteiger partial charge is 0.262 e. The van der Waals surface area contributed by atoms with E-state index in [-0.39, 0.29) is 23.3 Å². The van der Waals surface area contributed by atoms with Gasteiger partial charge in [0.1, 0.15) is 15.9 Å². The van der Waals surface area contributed by atoms with Gasteiger partial charge < -0.3 is 5.32 Å². The van der Waals surface area contributed by atoms with Gasteiger partial charge in [-0.15, -0.1) is 0 Å². The van der Waals surface area contributed by atoms with Crippen LogP contribution >= 0.6 is 0 Å². The summed E-state index contributed by atoms with van der Waals surface area (Å²) in [7, 11) is -3.44. The van der Waals surface area contributed by atoms with Crippen molar-refractivity contribution in [3.8, 4) is 0 Å². The van der Waals surface area contributed by atoms with Crippen LogP contribution in [-0.4, -0.2) is 54.1 Å². The van der Waals surface area contributed by atoms with Gasteiger partial charge in [0.15, 0.2) is 0 Å². The molecule has 4 rings (SSSR count). The van der Waals surface area contributed by atoms with E-state index in [0.717, 1.165) is 22.4 Å². The van der Waals surface area contributed by atoms with E-state index < -0.39 is 33.6 Å². The standard InChI is InChI=1S/C26H23N3O5S/c1-35(33,34)16-14-23(29-25(31)21-10-2-3-11-22(21)26(29)32)24(30)28-20-9-6-7-18(17-20)12-13-19-8-4-5-15-27-19/h2-13,15,17,23H,14,16H2,1H3,(H,28,30)/b13-12+. The molecule has 0 spiro atoms. The van der Waals surface area contributed by atoms with Gasteiger partial charge in [0.05, 0.1) is 22.6 Å². The van der Waals surface area contributed by atoms with Gasteiger partial charge >= 0.3 is 0 Å². The number of carbonyl (C=O) groups excluding carboxylic acids is 3. The van der Waals surface area contributed by atoms with E-state index >= 15 is 0 Å². The summed E-state index contributed by atoms with van der Waals surface area (Å²) in [4.78, 5) is 44.3.